The minimum Gasteiger partial charge on any atom is -0.481 e. The molecular formula is C19H15ClN2O2. The van der Waals surface area contributed by atoms with E-state index in [1.807, 2.05) is 25.1 Å². The van der Waals surface area contributed by atoms with Crippen LogP contribution in [0, 0.1) is 11.3 Å². The lowest BCUT2D eigenvalue weighted by Gasteiger charge is -2.12. The van der Waals surface area contributed by atoms with Crippen LogP contribution in [0.1, 0.15) is 30.4 Å². The summed E-state index contributed by atoms with van der Waals surface area (Å²) < 4.78 is 0. The number of nitrogens with one attached hydrogen (secondary N) is 1. The number of carboxylic acids is 1. The molecule has 3 aromatic rings. The average Bonchev–Trinajstić information content (AvgIpc) is 2.94. The largest absolute Gasteiger partial charge is 0.481 e. The number of aliphatic carboxylic acids is 1. The second kappa shape index (κ2) is 6.38. The molecule has 0 amide bonds. The first-order chi connectivity index (χ1) is 11.5. The Morgan fingerprint density at radius 3 is 2.58 bits per heavy atom. The lowest BCUT2D eigenvalue weighted by atomic mass is 9.91. The summed E-state index contributed by atoms with van der Waals surface area (Å²) in [5, 5.41) is 20.0. The molecule has 24 heavy (non-hydrogen) atoms. The van der Waals surface area contributed by atoms with Gasteiger partial charge in [0.15, 0.2) is 0 Å². The summed E-state index contributed by atoms with van der Waals surface area (Å²) in [6.07, 6.45) is 0.470. The molecule has 4 nitrogen and oxygen atoms in total. The van der Waals surface area contributed by atoms with Crippen molar-refractivity contribution in [3.63, 3.8) is 0 Å². The lowest BCUT2D eigenvalue weighted by Crippen LogP contribution is -2.11. The second-order valence-corrected chi connectivity index (χ2v) is 6.03. The first-order valence-corrected chi connectivity index (χ1v) is 7.97. The zero-order chi connectivity index (χ0) is 17.3. The van der Waals surface area contributed by atoms with Crippen molar-refractivity contribution in [3.05, 3.63) is 58.6 Å². The highest BCUT2D eigenvalue weighted by Crippen LogP contribution is 2.38. The van der Waals surface area contributed by atoms with Gasteiger partial charge in [-0.15, -0.1) is 0 Å². The van der Waals surface area contributed by atoms with Gasteiger partial charge in [-0.3, -0.25) is 4.79 Å². The van der Waals surface area contributed by atoms with Gasteiger partial charge in [0.2, 0.25) is 0 Å². The molecule has 0 aliphatic heterocycles. The molecular weight excluding hydrogens is 324 g/mol. The van der Waals surface area contributed by atoms with Gasteiger partial charge in [0.1, 0.15) is 0 Å². The molecule has 120 valence electrons. The minimum absolute atomic E-state index is 0.470. The SMILES string of the molecule is CCC(C(=O)O)c1c(-c2ccc(C#N)cc2)[nH]c2ccc(Cl)cc12. The number of carboxylic acid groups (broad SMARTS) is 1. The van der Waals surface area contributed by atoms with Gasteiger partial charge >= 0.3 is 5.97 Å². The molecule has 2 N–H and O–H groups in total. The Labute approximate surface area is 144 Å². The van der Waals surface area contributed by atoms with Crippen molar-refractivity contribution >= 4 is 28.5 Å². The highest BCUT2D eigenvalue weighted by molar-refractivity contribution is 6.31. The molecule has 0 aliphatic rings. The average molecular weight is 339 g/mol. The van der Waals surface area contributed by atoms with E-state index in [1.54, 1.807) is 24.3 Å². The van der Waals surface area contributed by atoms with Crippen molar-refractivity contribution in [1.82, 2.24) is 4.98 Å². The van der Waals surface area contributed by atoms with Gasteiger partial charge in [-0.2, -0.15) is 5.26 Å². The molecule has 0 spiro atoms. The maximum atomic E-state index is 11.8. The number of nitriles is 1. The number of aromatic amines is 1. The van der Waals surface area contributed by atoms with Crippen LogP contribution in [0.25, 0.3) is 22.2 Å². The van der Waals surface area contributed by atoms with Crippen LogP contribution >= 0.6 is 11.6 Å². The van der Waals surface area contributed by atoms with E-state index in [0.717, 1.165) is 27.7 Å². The van der Waals surface area contributed by atoms with Crippen LogP contribution in [-0.2, 0) is 4.79 Å². The van der Waals surface area contributed by atoms with Crippen LogP contribution in [0.3, 0.4) is 0 Å². The highest BCUT2D eigenvalue weighted by atomic mass is 35.5. The molecule has 0 bridgehead atoms. The molecule has 0 saturated carbocycles. The molecule has 1 atom stereocenters. The van der Waals surface area contributed by atoms with E-state index in [4.69, 9.17) is 16.9 Å². The molecule has 1 unspecified atom stereocenters. The van der Waals surface area contributed by atoms with E-state index in [2.05, 4.69) is 11.1 Å². The summed E-state index contributed by atoms with van der Waals surface area (Å²) in [4.78, 5) is 15.1. The van der Waals surface area contributed by atoms with Gasteiger partial charge < -0.3 is 10.1 Å². The number of halogens is 1. The van der Waals surface area contributed by atoms with Crippen LogP contribution in [0.15, 0.2) is 42.5 Å². The standard InChI is InChI=1S/C19H15ClN2O2/c1-2-14(19(23)24)17-15-9-13(20)7-8-16(15)22-18(17)12-5-3-11(10-21)4-6-12/h3-9,14,22H,2H2,1H3,(H,23,24). The zero-order valence-corrected chi connectivity index (χ0v) is 13.8. The molecule has 2 aromatic carbocycles. The number of fused-ring (bicyclic) bond motifs is 1. The van der Waals surface area contributed by atoms with Crippen LogP contribution in [0.2, 0.25) is 5.02 Å². The third-order valence-electron chi connectivity index (χ3n) is 4.16. The van der Waals surface area contributed by atoms with Crippen LogP contribution < -0.4 is 0 Å². The topological polar surface area (TPSA) is 76.9 Å². The van der Waals surface area contributed by atoms with Gasteiger partial charge in [0.25, 0.3) is 0 Å². The Morgan fingerprint density at radius 1 is 1.29 bits per heavy atom. The summed E-state index contributed by atoms with van der Waals surface area (Å²) >= 11 is 6.12. The third-order valence-corrected chi connectivity index (χ3v) is 4.39. The predicted molar refractivity (Wildman–Crippen MR) is 94.1 cm³/mol. The monoisotopic (exact) mass is 338 g/mol. The predicted octanol–water partition coefficient (Wildman–Crippen LogP) is 4.94. The quantitative estimate of drug-likeness (QED) is 0.707. The van der Waals surface area contributed by atoms with Crippen molar-refractivity contribution in [1.29, 1.82) is 5.26 Å². The van der Waals surface area contributed by atoms with Crippen molar-refractivity contribution in [2.24, 2.45) is 0 Å². The fourth-order valence-electron chi connectivity index (χ4n) is 2.99. The van der Waals surface area contributed by atoms with Crippen molar-refractivity contribution in [3.8, 4) is 17.3 Å². The summed E-state index contributed by atoms with van der Waals surface area (Å²) in [5.41, 5.74) is 3.73. The minimum atomic E-state index is -0.867. The number of benzene rings is 2. The normalized spacial score (nSPS) is 12.0. The van der Waals surface area contributed by atoms with Crippen LogP contribution in [-0.4, -0.2) is 16.1 Å². The molecule has 0 saturated heterocycles. The van der Waals surface area contributed by atoms with E-state index in [1.165, 1.54) is 0 Å². The Kier molecular flexibility index (Phi) is 4.28. The molecule has 1 heterocycles. The van der Waals surface area contributed by atoms with Crippen molar-refractivity contribution in [2.45, 2.75) is 19.3 Å². The summed E-state index contributed by atoms with van der Waals surface area (Å²) in [6, 6.07) is 14.6. The van der Waals surface area contributed by atoms with Crippen LogP contribution in [0.4, 0.5) is 0 Å². The van der Waals surface area contributed by atoms with E-state index >= 15 is 0 Å². The first-order valence-electron chi connectivity index (χ1n) is 7.59. The Balaban J connectivity index is 2.29. The number of nitrogens with zero attached hydrogens (tertiary/aromatic N) is 1. The number of hydrogen-bond donors (Lipinski definition) is 2. The number of rotatable bonds is 4. The number of hydrogen-bond acceptors (Lipinski definition) is 2. The fourth-order valence-corrected chi connectivity index (χ4v) is 3.16. The second-order valence-electron chi connectivity index (χ2n) is 5.59. The van der Waals surface area contributed by atoms with Gasteiger partial charge in [-0.05, 0) is 47.9 Å². The zero-order valence-electron chi connectivity index (χ0n) is 13.0. The Bertz CT molecular complexity index is 952. The molecule has 5 heteroatoms. The maximum absolute atomic E-state index is 11.8. The maximum Gasteiger partial charge on any atom is 0.311 e. The Hall–Kier alpha value is -2.77. The lowest BCUT2D eigenvalue weighted by molar-refractivity contribution is -0.138. The van der Waals surface area contributed by atoms with Gasteiger partial charge in [-0.1, -0.05) is 30.7 Å². The number of H-pyrrole nitrogens is 1. The summed E-state index contributed by atoms with van der Waals surface area (Å²) in [6.45, 7) is 1.85. The first kappa shape index (κ1) is 16.1. The highest BCUT2D eigenvalue weighted by Gasteiger charge is 2.26. The summed E-state index contributed by atoms with van der Waals surface area (Å²) in [7, 11) is 0. The molecule has 0 aliphatic carbocycles. The molecule has 3 rings (SSSR count). The molecule has 0 fully saturated rings. The van der Waals surface area contributed by atoms with E-state index < -0.39 is 11.9 Å². The van der Waals surface area contributed by atoms with E-state index in [0.29, 0.717) is 17.0 Å². The van der Waals surface area contributed by atoms with Crippen molar-refractivity contribution in [2.75, 3.05) is 0 Å². The van der Waals surface area contributed by atoms with Crippen molar-refractivity contribution < 1.29 is 9.90 Å². The summed E-state index contributed by atoms with van der Waals surface area (Å²) in [5.74, 6) is -1.50. The molecule has 1 aromatic heterocycles. The number of aromatic nitrogens is 1. The Morgan fingerprint density at radius 2 is 2.00 bits per heavy atom. The smallest absolute Gasteiger partial charge is 0.311 e. The van der Waals surface area contributed by atoms with E-state index in [9.17, 15) is 9.90 Å². The molecule has 0 radical (unpaired) electrons. The van der Waals surface area contributed by atoms with E-state index in [-0.39, 0.29) is 0 Å². The van der Waals surface area contributed by atoms with Gasteiger partial charge in [-0.25, -0.2) is 0 Å². The van der Waals surface area contributed by atoms with Crippen LogP contribution in [0.5, 0.6) is 0 Å². The number of carbonyl (C=O) groups is 1. The third kappa shape index (κ3) is 2.75. The fraction of sp³-hybridized carbons (Fsp3) is 0.158. The van der Waals surface area contributed by atoms with Gasteiger partial charge in [0, 0.05) is 15.9 Å². The van der Waals surface area contributed by atoms with Gasteiger partial charge in [0.05, 0.1) is 23.2 Å².